The van der Waals surface area contributed by atoms with Crippen molar-refractivity contribution in [1.82, 2.24) is 0 Å². The van der Waals surface area contributed by atoms with E-state index in [0.29, 0.717) is 16.3 Å². The molecule has 1 aromatic rings. The second-order valence-electron chi connectivity index (χ2n) is 2.78. The molecule has 0 atom stereocenters. The molecule has 0 saturated heterocycles. The first-order valence-corrected chi connectivity index (χ1v) is 5.97. The standard InChI is InChI=1S/C8H10ClO4P/c1-13-8-4-7(9)3-2-6(8)5-14(10,11)12/h2-4H,5H2,1H3,(H2,10,11,12). The van der Waals surface area contributed by atoms with Crippen LogP contribution in [0.5, 0.6) is 5.75 Å². The molecule has 4 nitrogen and oxygen atoms in total. The Morgan fingerprint density at radius 2 is 2.14 bits per heavy atom. The second-order valence-corrected chi connectivity index (χ2v) is 4.86. The summed E-state index contributed by atoms with van der Waals surface area (Å²) in [6, 6.07) is 4.63. The zero-order valence-electron chi connectivity index (χ0n) is 7.48. The van der Waals surface area contributed by atoms with Crippen molar-refractivity contribution in [3.8, 4) is 5.75 Å². The van der Waals surface area contributed by atoms with Gasteiger partial charge in [0.15, 0.2) is 0 Å². The van der Waals surface area contributed by atoms with Crippen molar-refractivity contribution >= 4 is 19.2 Å². The van der Waals surface area contributed by atoms with Crippen molar-refractivity contribution in [1.29, 1.82) is 0 Å². The summed E-state index contributed by atoms with van der Waals surface area (Å²) >= 11 is 5.69. The fourth-order valence-corrected chi connectivity index (χ4v) is 1.94. The monoisotopic (exact) mass is 236 g/mol. The molecule has 2 N–H and O–H groups in total. The molecule has 1 rings (SSSR count). The minimum atomic E-state index is -4.07. The van der Waals surface area contributed by atoms with Gasteiger partial charge in [-0.3, -0.25) is 4.57 Å². The number of hydrogen-bond acceptors (Lipinski definition) is 2. The third kappa shape index (κ3) is 3.31. The van der Waals surface area contributed by atoms with E-state index in [9.17, 15) is 4.57 Å². The lowest BCUT2D eigenvalue weighted by Gasteiger charge is -2.09. The van der Waals surface area contributed by atoms with Gasteiger partial charge in [0.05, 0.1) is 13.3 Å². The predicted molar refractivity (Wildman–Crippen MR) is 53.8 cm³/mol. The lowest BCUT2D eigenvalue weighted by atomic mass is 10.2. The van der Waals surface area contributed by atoms with Crippen LogP contribution in [0.25, 0.3) is 0 Å². The summed E-state index contributed by atoms with van der Waals surface area (Å²) < 4.78 is 15.7. The van der Waals surface area contributed by atoms with Crippen LogP contribution in [0, 0.1) is 0 Å². The Hall–Kier alpha value is -0.540. The highest BCUT2D eigenvalue weighted by Crippen LogP contribution is 2.41. The van der Waals surface area contributed by atoms with Gasteiger partial charge >= 0.3 is 7.60 Å². The number of hydrogen-bond donors (Lipinski definition) is 2. The molecule has 0 aromatic heterocycles. The van der Waals surface area contributed by atoms with Gasteiger partial charge in [-0.25, -0.2) is 0 Å². The van der Waals surface area contributed by atoms with E-state index in [0.717, 1.165) is 0 Å². The maximum absolute atomic E-state index is 10.8. The summed E-state index contributed by atoms with van der Waals surface area (Å²) in [6.45, 7) is 0. The number of methoxy groups -OCH3 is 1. The normalized spacial score (nSPS) is 11.4. The molecule has 0 spiro atoms. The highest BCUT2D eigenvalue weighted by atomic mass is 35.5. The molecule has 0 unspecified atom stereocenters. The quantitative estimate of drug-likeness (QED) is 0.788. The molecular weight excluding hydrogens is 227 g/mol. The third-order valence-electron chi connectivity index (χ3n) is 1.63. The van der Waals surface area contributed by atoms with E-state index in [1.807, 2.05) is 0 Å². The Morgan fingerprint density at radius 1 is 1.50 bits per heavy atom. The first-order valence-electron chi connectivity index (χ1n) is 3.79. The minimum absolute atomic E-state index is 0.340. The van der Waals surface area contributed by atoms with Crippen molar-refractivity contribution in [2.24, 2.45) is 0 Å². The fraction of sp³-hybridized carbons (Fsp3) is 0.250. The summed E-state index contributed by atoms with van der Waals surface area (Å²) in [5, 5.41) is 0.469. The van der Waals surface area contributed by atoms with Gasteiger partial charge in [0.1, 0.15) is 5.75 Å². The summed E-state index contributed by atoms with van der Waals surface area (Å²) in [5.74, 6) is 0.390. The maximum atomic E-state index is 10.8. The molecule has 0 heterocycles. The Kier molecular flexibility index (Phi) is 3.56. The third-order valence-corrected chi connectivity index (χ3v) is 2.61. The highest BCUT2D eigenvalue weighted by molar-refractivity contribution is 7.50. The molecule has 0 saturated carbocycles. The van der Waals surface area contributed by atoms with E-state index >= 15 is 0 Å². The van der Waals surface area contributed by atoms with Crippen molar-refractivity contribution in [2.75, 3.05) is 7.11 Å². The van der Waals surface area contributed by atoms with Crippen LogP contribution in [0.3, 0.4) is 0 Å². The van der Waals surface area contributed by atoms with Crippen LogP contribution in [-0.2, 0) is 10.7 Å². The van der Waals surface area contributed by atoms with Gasteiger partial charge in [0.25, 0.3) is 0 Å². The Bertz CT molecular complexity index is 374. The molecule has 14 heavy (non-hydrogen) atoms. The Labute approximate surface area is 86.6 Å². The van der Waals surface area contributed by atoms with E-state index in [1.165, 1.54) is 13.2 Å². The van der Waals surface area contributed by atoms with Crippen molar-refractivity contribution in [3.63, 3.8) is 0 Å². The molecule has 0 aliphatic rings. The molecule has 0 amide bonds. The van der Waals surface area contributed by atoms with Gasteiger partial charge in [-0.2, -0.15) is 0 Å². The smallest absolute Gasteiger partial charge is 0.330 e. The van der Waals surface area contributed by atoms with Gasteiger partial charge < -0.3 is 14.5 Å². The van der Waals surface area contributed by atoms with Crippen LogP contribution in [0.4, 0.5) is 0 Å². The van der Waals surface area contributed by atoms with Crippen molar-refractivity contribution in [2.45, 2.75) is 6.16 Å². The van der Waals surface area contributed by atoms with Gasteiger partial charge in [0, 0.05) is 10.6 Å². The molecule has 0 aliphatic heterocycles. The van der Waals surface area contributed by atoms with Gasteiger partial charge in [-0.15, -0.1) is 0 Å². The fourth-order valence-electron chi connectivity index (χ4n) is 1.07. The SMILES string of the molecule is COc1cc(Cl)ccc1CP(=O)(O)O. The average Bonchev–Trinajstić information content (AvgIpc) is 2.06. The van der Waals surface area contributed by atoms with Crippen LogP contribution in [0.2, 0.25) is 5.02 Å². The molecule has 1 aromatic carbocycles. The molecule has 78 valence electrons. The van der Waals surface area contributed by atoms with Gasteiger partial charge in [-0.1, -0.05) is 17.7 Å². The van der Waals surface area contributed by atoms with E-state index < -0.39 is 7.60 Å². The zero-order valence-corrected chi connectivity index (χ0v) is 9.13. The second kappa shape index (κ2) is 4.32. The maximum Gasteiger partial charge on any atom is 0.330 e. The van der Waals surface area contributed by atoms with Gasteiger partial charge in [0.2, 0.25) is 0 Å². The summed E-state index contributed by atoms with van der Waals surface area (Å²) in [5.41, 5.74) is 0.449. The van der Waals surface area contributed by atoms with Crippen LogP contribution in [0.15, 0.2) is 18.2 Å². The van der Waals surface area contributed by atoms with Crippen molar-refractivity contribution < 1.29 is 19.1 Å². The topological polar surface area (TPSA) is 66.8 Å². The highest BCUT2D eigenvalue weighted by Gasteiger charge is 2.17. The summed E-state index contributed by atoms with van der Waals surface area (Å²) in [6.07, 6.45) is -0.340. The predicted octanol–water partition coefficient (Wildman–Crippen LogP) is 2.03. The summed E-state index contributed by atoms with van der Waals surface area (Å²) in [7, 11) is -2.64. The zero-order chi connectivity index (χ0) is 10.8. The van der Waals surface area contributed by atoms with Gasteiger partial charge in [-0.05, 0) is 12.1 Å². The van der Waals surface area contributed by atoms with E-state index in [1.54, 1.807) is 12.1 Å². The first-order chi connectivity index (χ1) is 6.42. The van der Waals surface area contributed by atoms with E-state index in [-0.39, 0.29) is 6.16 Å². The van der Waals surface area contributed by atoms with Crippen molar-refractivity contribution in [3.05, 3.63) is 28.8 Å². The molecule has 0 radical (unpaired) electrons. The van der Waals surface area contributed by atoms with Crippen LogP contribution in [-0.4, -0.2) is 16.9 Å². The molecule has 0 fully saturated rings. The number of rotatable bonds is 3. The first kappa shape index (κ1) is 11.5. The summed E-state index contributed by atoms with van der Waals surface area (Å²) in [4.78, 5) is 17.6. The lowest BCUT2D eigenvalue weighted by Crippen LogP contribution is -1.93. The Morgan fingerprint density at radius 3 is 2.64 bits per heavy atom. The molecule has 0 aliphatic carbocycles. The van der Waals surface area contributed by atoms with E-state index in [4.69, 9.17) is 26.1 Å². The number of ether oxygens (including phenoxy) is 1. The minimum Gasteiger partial charge on any atom is -0.496 e. The van der Waals surface area contributed by atoms with E-state index in [2.05, 4.69) is 0 Å². The number of benzene rings is 1. The lowest BCUT2D eigenvalue weighted by molar-refractivity contribution is 0.368. The molecule has 6 heteroatoms. The van der Waals surface area contributed by atoms with Crippen LogP contribution < -0.4 is 4.74 Å². The van der Waals surface area contributed by atoms with Crippen LogP contribution in [0.1, 0.15) is 5.56 Å². The largest absolute Gasteiger partial charge is 0.496 e. The van der Waals surface area contributed by atoms with Crippen LogP contribution >= 0.6 is 19.2 Å². The molecular formula is C8H10ClO4P. The average molecular weight is 237 g/mol. The molecule has 0 bridgehead atoms. The number of halogens is 1. The Balaban J connectivity index is 3.03.